The summed E-state index contributed by atoms with van der Waals surface area (Å²) in [7, 11) is 0. The highest BCUT2D eigenvalue weighted by molar-refractivity contribution is 6.12. The van der Waals surface area contributed by atoms with Crippen LogP contribution < -0.4 is 0 Å². The van der Waals surface area contributed by atoms with Crippen molar-refractivity contribution >= 4 is 27.5 Å². The minimum atomic E-state index is 0.279. The van der Waals surface area contributed by atoms with Crippen LogP contribution in [0.15, 0.2) is 152 Å². The molecule has 0 N–H and O–H groups in total. The minimum absolute atomic E-state index is 0.279. The maximum Gasteiger partial charge on any atom is 0.160 e. The maximum atomic E-state index is 5.12. The Balaban J connectivity index is 1.14. The second-order valence-electron chi connectivity index (χ2n) is 11.6. The van der Waals surface area contributed by atoms with E-state index in [1.165, 1.54) is 32.9 Å². The van der Waals surface area contributed by atoms with Gasteiger partial charge in [0.25, 0.3) is 0 Å². The maximum absolute atomic E-state index is 5.12. The lowest BCUT2D eigenvalue weighted by Crippen LogP contribution is -1.97. The first kappa shape index (κ1) is 25.6. The first-order valence-electron chi connectivity index (χ1n) is 15.4. The molecule has 8 aromatic rings. The van der Waals surface area contributed by atoms with Crippen molar-refractivity contribution in [1.82, 2.24) is 19.4 Å². The largest absolute Gasteiger partial charge is 0.292 e. The number of pyridine rings is 1. The van der Waals surface area contributed by atoms with E-state index >= 15 is 0 Å². The molecule has 0 amide bonds. The number of benzene rings is 4. The molecule has 4 heteroatoms. The molecule has 4 heterocycles. The molecule has 0 spiro atoms. The first-order valence-corrected chi connectivity index (χ1v) is 15.4. The monoisotopic (exact) mass is 576 g/mol. The van der Waals surface area contributed by atoms with Crippen molar-refractivity contribution in [1.29, 1.82) is 0 Å². The molecule has 9 rings (SSSR count). The number of hydrogen-bond acceptors (Lipinski definition) is 3. The molecule has 1 aliphatic rings. The summed E-state index contributed by atoms with van der Waals surface area (Å²) in [5.41, 5.74) is 11.9. The van der Waals surface area contributed by atoms with Crippen LogP contribution in [0.3, 0.4) is 0 Å². The smallest absolute Gasteiger partial charge is 0.160 e. The van der Waals surface area contributed by atoms with E-state index in [0.717, 1.165) is 51.7 Å². The van der Waals surface area contributed by atoms with Gasteiger partial charge in [0.2, 0.25) is 0 Å². The topological polar surface area (TPSA) is 43.1 Å². The Bertz CT molecular complexity index is 2330. The first-order chi connectivity index (χ1) is 22.3. The van der Waals surface area contributed by atoms with E-state index in [-0.39, 0.29) is 5.92 Å². The third-order valence-electron chi connectivity index (χ3n) is 8.89. The molecule has 0 radical (unpaired) electrons. The van der Waals surface area contributed by atoms with E-state index in [2.05, 4.69) is 120 Å². The van der Waals surface area contributed by atoms with Gasteiger partial charge in [0.15, 0.2) is 5.82 Å². The fraction of sp³-hybridized carbons (Fsp3) is 0.0488. The van der Waals surface area contributed by atoms with Crippen molar-refractivity contribution in [3.8, 4) is 45.0 Å². The standard InChI is InChI=1S/C41H28N4/c1-4-11-28(12-5-1)35-26-36(43-41(42-35)31-15-8-3-9-16-31)29-21-19-27(20-22-29)32-23-24-33-34(25-32)40-39(30-13-6-2-7-14-30)44-38-18-10-17-37(33)45(38)40/h1-13,15-26,30H,14H2. The van der Waals surface area contributed by atoms with Gasteiger partial charge in [-0.3, -0.25) is 4.40 Å². The summed E-state index contributed by atoms with van der Waals surface area (Å²) < 4.78 is 2.34. The van der Waals surface area contributed by atoms with E-state index in [9.17, 15) is 0 Å². The van der Waals surface area contributed by atoms with Crippen molar-refractivity contribution in [3.63, 3.8) is 0 Å². The number of fused-ring (bicyclic) bond motifs is 3. The Morgan fingerprint density at radius 2 is 1.22 bits per heavy atom. The van der Waals surface area contributed by atoms with Gasteiger partial charge in [0.1, 0.15) is 5.65 Å². The molecule has 4 nitrogen and oxygen atoms in total. The Morgan fingerprint density at radius 1 is 0.533 bits per heavy atom. The molecule has 0 saturated carbocycles. The van der Waals surface area contributed by atoms with Crippen LogP contribution in [0, 0.1) is 0 Å². The molecule has 45 heavy (non-hydrogen) atoms. The lowest BCUT2D eigenvalue weighted by Gasteiger charge is -2.11. The third-order valence-corrected chi connectivity index (χ3v) is 8.89. The molecule has 1 atom stereocenters. The van der Waals surface area contributed by atoms with Crippen LogP contribution in [0.1, 0.15) is 18.0 Å². The Labute approximate surface area is 261 Å². The summed E-state index contributed by atoms with van der Waals surface area (Å²) in [6.07, 6.45) is 9.75. The van der Waals surface area contributed by atoms with Crippen LogP contribution in [0.4, 0.5) is 0 Å². The van der Waals surface area contributed by atoms with Gasteiger partial charge in [-0.15, -0.1) is 0 Å². The molecule has 212 valence electrons. The van der Waals surface area contributed by atoms with E-state index in [1.54, 1.807) is 0 Å². The van der Waals surface area contributed by atoms with E-state index in [1.807, 2.05) is 36.4 Å². The second-order valence-corrected chi connectivity index (χ2v) is 11.6. The van der Waals surface area contributed by atoms with E-state index < -0.39 is 0 Å². The predicted octanol–water partition coefficient (Wildman–Crippen LogP) is 10.1. The minimum Gasteiger partial charge on any atom is -0.292 e. The van der Waals surface area contributed by atoms with Gasteiger partial charge in [-0.25, -0.2) is 15.0 Å². The lowest BCUT2D eigenvalue weighted by atomic mass is 9.95. The lowest BCUT2D eigenvalue weighted by molar-refractivity contribution is 0.835. The second kappa shape index (κ2) is 10.4. The van der Waals surface area contributed by atoms with Gasteiger partial charge < -0.3 is 0 Å². The van der Waals surface area contributed by atoms with Crippen LogP contribution in [0.5, 0.6) is 0 Å². The van der Waals surface area contributed by atoms with Crippen molar-refractivity contribution < 1.29 is 0 Å². The summed E-state index contributed by atoms with van der Waals surface area (Å²) in [5.74, 6) is 1.00. The van der Waals surface area contributed by atoms with Crippen LogP contribution in [0.25, 0.3) is 72.5 Å². The Hall–Kier alpha value is -5.87. The zero-order chi connectivity index (χ0) is 29.7. The van der Waals surface area contributed by atoms with E-state index in [4.69, 9.17) is 15.0 Å². The average Bonchev–Trinajstić information content (AvgIpc) is 3.68. The van der Waals surface area contributed by atoms with Crippen molar-refractivity contribution in [2.75, 3.05) is 0 Å². The number of nitrogens with zero attached hydrogens (tertiary/aromatic N) is 4. The predicted molar refractivity (Wildman–Crippen MR) is 184 cm³/mol. The third kappa shape index (κ3) is 4.34. The summed E-state index contributed by atoms with van der Waals surface area (Å²) in [6.45, 7) is 0. The number of allylic oxidation sites excluding steroid dienone is 4. The highest BCUT2D eigenvalue weighted by atomic mass is 15.0. The van der Waals surface area contributed by atoms with Gasteiger partial charge in [0.05, 0.1) is 28.1 Å². The SMILES string of the molecule is C1=CCC(c2nc3cccc4c5ccc(-c6ccc(-c7cc(-c8ccccc8)nc(-c8ccccc8)n7)cc6)cc5c2n34)C=C1. The molecular weight excluding hydrogens is 548 g/mol. The van der Waals surface area contributed by atoms with Crippen LogP contribution in [-0.2, 0) is 0 Å². The zero-order valence-corrected chi connectivity index (χ0v) is 24.5. The molecule has 4 aromatic heterocycles. The quantitative estimate of drug-likeness (QED) is 0.205. The van der Waals surface area contributed by atoms with E-state index in [0.29, 0.717) is 0 Å². The molecule has 1 unspecified atom stereocenters. The Morgan fingerprint density at radius 3 is 1.96 bits per heavy atom. The average molecular weight is 577 g/mol. The zero-order valence-electron chi connectivity index (χ0n) is 24.5. The van der Waals surface area contributed by atoms with Crippen molar-refractivity contribution in [3.05, 3.63) is 157 Å². The molecule has 1 aliphatic carbocycles. The molecule has 0 fully saturated rings. The summed E-state index contributed by atoms with van der Waals surface area (Å²) in [5, 5.41) is 2.51. The van der Waals surface area contributed by atoms with Crippen LogP contribution in [-0.4, -0.2) is 19.4 Å². The van der Waals surface area contributed by atoms with Gasteiger partial charge in [-0.2, -0.15) is 0 Å². The molecular formula is C41H28N4. The van der Waals surface area contributed by atoms with Crippen LogP contribution >= 0.6 is 0 Å². The molecule has 0 bridgehead atoms. The number of hydrogen-bond donors (Lipinski definition) is 0. The fourth-order valence-electron chi connectivity index (χ4n) is 6.67. The number of rotatable bonds is 5. The summed E-state index contributed by atoms with van der Waals surface area (Å²) >= 11 is 0. The van der Waals surface area contributed by atoms with Gasteiger partial charge in [-0.05, 0) is 41.8 Å². The molecule has 0 saturated heterocycles. The number of aromatic nitrogens is 4. The summed E-state index contributed by atoms with van der Waals surface area (Å²) in [6, 6.07) is 44.6. The van der Waals surface area contributed by atoms with Gasteiger partial charge >= 0.3 is 0 Å². The van der Waals surface area contributed by atoms with Crippen molar-refractivity contribution in [2.24, 2.45) is 0 Å². The Kier molecular flexibility index (Phi) is 5.91. The van der Waals surface area contributed by atoms with Gasteiger partial charge in [-0.1, -0.05) is 127 Å². The van der Waals surface area contributed by atoms with Crippen LogP contribution in [0.2, 0.25) is 0 Å². The normalized spacial score (nSPS) is 14.6. The molecule has 4 aromatic carbocycles. The molecule has 0 aliphatic heterocycles. The fourth-order valence-corrected chi connectivity index (χ4v) is 6.67. The highest BCUT2D eigenvalue weighted by Gasteiger charge is 2.22. The van der Waals surface area contributed by atoms with Crippen molar-refractivity contribution in [2.45, 2.75) is 12.3 Å². The van der Waals surface area contributed by atoms with Gasteiger partial charge in [0, 0.05) is 33.4 Å². The summed E-state index contributed by atoms with van der Waals surface area (Å²) in [4.78, 5) is 15.1. The highest BCUT2D eigenvalue weighted by Crippen LogP contribution is 2.39. The number of imidazole rings is 1.